The molecular formula is C30H35N3O4. The van der Waals surface area contributed by atoms with Gasteiger partial charge >= 0.3 is 0 Å². The topological polar surface area (TPSA) is 74.6 Å². The van der Waals surface area contributed by atoms with Gasteiger partial charge in [0, 0.05) is 19.5 Å². The number of aromatic nitrogens is 2. The highest BCUT2D eigenvalue weighted by molar-refractivity contribution is 5.79. The van der Waals surface area contributed by atoms with Crippen LogP contribution in [0, 0.1) is 6.92 Å². The molecule has 0 aliphatic heterocycles. The minimum absolute atomic E-state index is 0.0195. The van der Waals surface area contributed by atoms with Gasteiger partial charge in [-0.2, -0.15) is 0 Å². The molecule has 3 aromatic carbocycles. The molecule has 0 aliphatic carbocycles. The zero-order chi connectivity index (χ0) is 26.0. The Hall–Kier alpha value is -4.00. The van der Waals surface area contributed by atoms with Crippen LogP contribution in [-0.2, 0) is 24.2 Å². The minimum atomic E-state index is -0.0195. The number of imidazole rings is 1. The molecular weight excluding hydrogens is 466 g/mol. The molecule has 7 heteroatoms. The second-order valence-corrected chi connectivity index (χ2v) is 9.00. The first-order valence-electron chi connectivity index (χ1n) is 12.7. The summed E-state index contributed by atoms with van der Waals surface area (Å²) in [5.74, 6) is 3.18. The summed E-state index contributed by atoms with van der Waals surface area (Å²) in [7, 11) is 3.18. The largest absolute Gasteiger partial charge is 0.494 e. The number of ether oxygens (including phenoxy) is 3. The normalized spacial score (nSPS) is 10.9. The van der Waals surface area contributed by atoms with Crippen LogP contribution in [0.15, 0.2) is 66.7 Å². The smallest absolute Gasteiger partial charge is 0.224 e. The minimum Gasteiger partial charge on any atom is -0.494 e. The van der Waals surface area contributed by atoms with Crippen molar-refractivity contribution in [3.63, 3.8) is 0 Å². The van der Waals surface area contributed by atoms with Gasteiger partial charge in [-0.15, -0.1) is 0 Å². The number of carbonyl (C=O) groups is 1. The molecule has 0 bridgehead atoms. The summed E-state index contributed by atoms with van der Waals surface area (Å²) in [4.78, 5) is 17.3. The molecule has 0 aliphatic rings. The van der Waals surface area contributed by atoms with Gasteiger partial charge in [0.05, 0.1) is 38.3 Å². The van der Waals surface area contributed by atoms with Gasteiger partial charge in [0.1, 0.15) is 11.6 Å². The lowest BCUT2D eigenvalue weighted by atomic mass is 10.1. The molecule has 0 spiro atoms. The fourth-order valence-electron chi connectivity index (χ4n) is 4.33. The highest BCUT2D eigenvalue weighted by atomic mass is 16.5. The Morgan fingerprint density at radius 1 is 0.946 bits per heavy atom. The number of benzene rings is 3. The molecule has 7 nitrogen and oxygen atoms in total. The Balaban J connectivity index is 1.28. The van der Waals surface area contributed by atoms with Crippen molar-refractivity contribution in [2.75, 3.05) is 27.4 Å². The Morgan fingerprint density at radius 3 is 2.51 bits per heavy atom. The van der Waals surface area contributed by atoms with E-state index in [0.717, 1.165) is 54.0 Å². The van der Waals surface area contributed by atoms with Crippen molar-refractivity contribution in [3.8, 4) is 17.2 Å². The second kappa shape index (κ2) is 12.8. The predicted molar refractivity (Wildman–Crippen MR) is 146 cm³/mol. The number of methoxy groups -OCH3 is 2. The number of aryl methyl sites for hydroxylation is 3. The first-order valence-corrected chi connectivity index (χ1v) is 12.7. The van der Waals surface area contributed by atoms with Gasteiger partial charge in [-0.3, -0.25) is 4.79 Å². The fraction of sp³-hybridized carbons (Fsp3) is 0.333. The molecule has 1 aromatic heterocycles. The fourth-order valence-corrected chi connectivity index (χ4v) is 4.33. The van der Waals surface area contributed by atoms with Crippen LogP contribution in [0.4, 0.5) is 0 Å². The van der Waals surface area contributed by atoms with Crippen molar-refractivity contribution in [2.24, 2.45) is 0 Å². The van der Waals surface area contributed by atoms with E-state index in [2.05, 4.69) is 35.0 Å². The number of para-hydroxylation sites is 2. The predicted octanol–water partition coefficient (Wildman–Crippen LogP) is 5.12. The maximum Gasteiger partial charge on any atom is 0.224 e. The highest BCUT2D eigenvalue weighted by Gasteiger charge is 2.12. The van der Waals surface area contributed by atoms with Gasteiger partial charge in [-0.05, 0) is 61.7 Å². The van der Waals surface area contributed by atoms with Crippen LogP contribution in [0.5, 0.6) is 17.2 Å². The summed E-state index contributed by atoms with van der Waals surface area (Å²) in [6, 6.07) is 21.9. The first-order chi connectivity index (χ1) is 18.1. The molecule has 4 rings (SSSR count). The molecule has 0 radical (unpaired) electrons. The molecule has 0 saturated carbocycles. The monoisotopic (exact) mass is 501 g/mol. The van der Waals surface area contributed by atoms with Crippen LogP contribution in [0.3, 0.4) is 0 Å². The Labute approximate surface area is 218 Å². The summed E-state index contributed by atoms with van der Waals surface area (Å²) in [5.41, 5.74) is 4.23. The molecule has 4 aromatic rings. The number of nitrogens with one attached hydrogen (secondary N) is 1. The molecule has 1 N–H and O–H groups in total. The Bertz CT molecular complexity index is 1310. The summed E-state index contributed by atoms with van der Waals surface area (Å²) < 4.78 is 18.8. The molecule has 0 atom stereocenters. The van der Waals surface area contributed by atoms with Gasteiger partial charge in [0.25, 0.3) is 0 Å². The Kier molecular flexibility index (Phi) is 9.03. The van der Waals surface area contributed by atoms with Crippen LogP contribution in [0.2, 0.25) is 0 Å². The van der Waals surface area contributed by atoms with E-state index in [-0.39, 0.29) is 5.91 Å². The van der Waals surface area contributed by atoms with Crippen molar-refractivity contribution in [1.29, 1.82) is 0 Å². The van der Waals surface area contributed by atoms with Gasteiger partial charge in [0.15, 0.2) is 11.5 Å². The molecule has 37 heavy (non-hydrogen) atoms. The van der Waals surface area contributed by atoms with E-state index in [1.165, 1.54) is 5.56 Å². The van der Waals surface area contributed by atoms with Gasteiger partial charge in [0.2, 0.25) is 5.91 Å². The van der Waals surface area contributed by atoms with Crippen molar-refractivity contribution in [3.05, 3.63) is 83.7 Å². The van der Waals surface area contributed by atoms with Gasteiger partial charge in [-0.1, -0.05) is 35.9 Å². The van der Waals surface area contributed by atoms with Crippen molar-refractivity contribution < 1.29 is 19.0 Å². The number of amides is 1. The maximum atomic E-state index is 12.5. The van der Waals surface area contributed by atoms with Crippen molar-refractivity contribution in [2.45, 2.75) is 39.2 Å². The third kappa shape index (κ3) is 7.03. The summed E-state index contributed by atoms with van der Waals surface area (Å²) >= 11 is 0. The third-order valence-corrected chi connectivity index (χ3v) is 6.26. The Morgan fingerprint density at radius 2 is 1.73 bits per heavy atom. The average molecular weight is 502 g/mol. The van der Waals surface area contributed by atoms with E-state index >= 15 is 0 Å². The van der Waals surface area contributed by atoms with E-state index in [1.807, 2.05) is 48.5 Å². The number of carbonyl (C=O) groups excluding carboxylic acids is 1. The second-order valence-electron chi connectivity index (χ2n) is 9.00. The number of hydrogen-bond acceptors (Lipinski definition) is 5. The molecule has 1 heterocycles. The van der Waals surface area contributed by atoms with E-state index in [1.54, 1.807) is 14.2 Å². The lowest BCUT2D eigenvalue weighted by molar-refractivity contribution is -0.120. The van der Waals surface area contributed by atoms with Gasteiger partial charge < -0.3 is 24.1 Å². The molecule has 1 amide bonds. The summed E-state index contributed by atoms with van der Waals surface area (Å²) in [6.45, 7) is 4.12. The number of fused-ring (bicyclic) bond motifs is 1. The van der Waals surface area contributed by atoms with Crippen LogP contribution in [-0.4, -0.2) is 42.8 Å². The van der Waals surface area contributed by atoms with Crippen LogP contribution in [0.1, 0.15) is 29.8 Å². The molecule has 0 unspecified atom stereocenters. The third-order valence-electron chi connectivity index (χ3n) is 6.26. The van der Waals surface area contributed by atoms with E-state index in [4.69, 9.17) is 19.2 Å². The van der Waals surface area contributed by atoms with Crippen LogP contribution < -0.4 is 19.5 Å². The van der Waals surface area contributed by atoms with Gasteiger partial charge in [-0.25, -0.2) is 4.98 Å². The zero-order valence-corrected chi connectivity index (χ0v) is 21.8. The number of nitrogens with zero attached hydrogens (tertiary/aromatic N) is 2. The molecule has 0 saturated heterocycles. The molecule has 0 fully saturated rings. The van der Waals surface area contributed by atoms with Crippen LogP contribution >= 0.6 is 0 Å². The lowest BCUT2D eigenvalue weighted by Gasteiger charge is -2.11. The van der Waals surface area contributed by atoms with Crippen molar-refractivity contribution >= 4 is 16.9 Å². The van der Waals surface area contributed by atoms with Crippen LogP contribution in [0.25, 0.3) is 11.0 Å². The number of rotatable bonds is 13. The average Bonchev–Trinajstić information content (AvgIpc) is 3.27. The zero-order valence-electron chi connectivity index (χ0n) is 21.8. The standard InChI is InChI=1S/C30H35N3O4/c1-22-11-14-24(15-12-22)37-19-7-18-33-26-9-5-4-8-25(26)32-29(33)10-6-17-31-30(34)21-23-13-16-27(35-2)28(20-23)36-3/h4-5,8-9,11-16,20H,6-7,10,17-19,21H2,1-3H3,(H,31,34). The number of hydrogen-bond donors (Lipinski definition) is 1. The highest BCUT2D eigenvalue weighted by Crippen LogP contribution is 2.27. The lowest BCUT2D eigenvalue weighted by Crippen LogP contribution is -2.26. The maximum absolute atomic E-state index is 12.5. The van der Waals surface area contributed by atoms with Crippen molar-refractivity contribution in [1.82, 2.24) is 14.9 Å². The summed E-state index contributed by atoms with van der Waals surface area (Å²) in [6.07, 6.45) is 2.76. The van der Waals surface area contributed by atoms with E-state index in [0.29, 0.717) is 31.1 Å². The quantitative estimate of drug-likeness (QED) is 0.257. The molecule has 194 valence electrons. The SMILES string of the molecule is COc1ccc(CC(=O)NCCCc2nc3ccccc3n2CCCOc2ccc(C)cc2)cc1OC. The summed E-state index contributed by atoms with van der Waals surface area (Å²) in [5, 5.41) is 3.03. The van der Waals surface area contributed by atoms with E-state index < -0.39 is 0 Å². The first kappa shape index (κ1) is 26.1. The van der Waals surface area contributed by atoms with E-state index in [9.17, 15) is 4.79 Å².